The van der Waals surface area contributed by atoms with Gasteiger partial charge in [-0.1, -0.05) is 48.5 Å². The molecule has 1 fully saturated rings. The molecular weight excluding hydrogens is 466 g/mol. The monoisotopic (exact) mass is 493 g/mol. The lowest BCUT2D eigenvalue weighted by molar-refractivity contribution is 0.0788. The van der Waals surface area contributed by atoms with E-state index in [1.165, 1.54) is 5.56 Å². The second-order valence-corrected chi connectivity index (χ2v) is 9.54. The molecule has 1 saturated heterocycles. The Kier molecular flexibility index (Phi) is 5.64. The number of aryl methyl sites for hydroxylation is 1. The average molecular weight is 494 g/mol. The van der Waals surface area contributed by atoms with Gasteiger partial charge in [0.15, 0.2) is 5.82 Å². The van der Waals surface area contributed by atoms with Crippen LogP contribution in [0, 0.1) is 0 Å². The normalized spacial score (nSPS) is 15.5. The number of likely N-dealkylation sites (tertiary alicyclic amines) is 1. The molecule has 8 nitrogen and oxygen atoms in total. The van der Waals surface area contributed by atoms with Gasteiger partial charge in [0, 0.05) is 43.1 Å². The first-order chi connectivity index (χ1) is 18.0. The number of para-hydroxylation sites is 1. The van der Waals surface area contributed by atoms with Crippen LogP contribution in [0.15, 0.2) is 78.9 Å². The van der Waals surface area contributed by atoms with E-state index < -0.39 is 6.09 Å². The molecule has 3 aromatic carbocycles. The second-order valence-electron chi connectivity index (χ2n) is 9.54. The van der Waals surface area contributed by atoms with Gasteiger partial charge < -0.3 is 24.5 Å². The Morgan fingerprint density at radius 1 is 1.00 bits per heavy atom. The third kappa shape index (κ3) is 4.20. The topological polar surface area (TPSA) is 92.4 Å². The number of hydrogen-bond donors (Lipinski definition) is 2. The summed E-state index contributed by atoms with van der Waals surface area (Å²) < 4.78 is 4.36. The summed E-state index contributed by atoms with van der Waals surface area (Å²) in [6.45, 7) is 1.61. The summed E-state index contributed by atoms with van der Waals surface area (Å²) in [6, 6.07) is 26.2. The van der Waals surface area contributed by atoms with Crippen LogP contribution >= 0.6 is 0 Å². The molecule has 0 saturated carbocycles. The first kappa shape index (κ1) is 22.8. The van der Waals surface area contributed by atoms with Crippen molar-refractivity contribution < 1.29 is 14.7 Å². The van der Waals surface area contributed by atoms with Crippen molar-refractivity contribution in [3.8, 4) is 11.5 Å². The SMILES string of the molecule is Cn1c(-c2cc3ccccc3n2Cc2ccccc2)nc2cc(C(=O)N3CCC(NC(=O)O)C3)ccc21. The molecule has 0 bridgehead atoms. The van der Waals surface area contributed by atoms with Crippen molar-refractivity contribution in [2.24, 2.45) is 7.05 Å². The van der Waals surface area contributed by atoms with E-state index in [4.69, 9.17) is 10.1 Å². The van der Waals surface area contributed by atoms with Crippen LogP contribution in [0.3, 0.4) is 0 Å². The van der Waals surface area contributed by atoms with Crippen LogP contribution in [-0.2, 0) is 13.6 Å². The summed E-state index contributed by atoms with van der Waals surface area (Å²) in [4.78, 5) is 30.8. The van der Waals surface area contributed by atoms with E-state index in [2.05, 4.69) is 63.0 Å². The van der Waals surface area contributed by atoms with Gasteiger partial charge in [-0.05, 0) is 42.3 Å². The summed E-state index contributed by atoms with van der Waals surface area (Å²) in [5.41, 5.74) is 5.60. The average Bonchev–Trinajstić information content (AvgIpc) is 3.60. The number of imidazole rings is 1. The Labute approximate surface area is 213 Å². The van der Waals surface area contributed by atoms with Crippen molar-refractivity contribution in [2.45, 2.75) is 19.0 Å². The van der Waals surface area contributed by atoms with Crippen LogP contribution < -0.4 is 5.32 Å². The number of carbonyl (C=O) groups is 2. The van der Waals surface area contributed by atoms with E-state index in [1.807, 2.05) is 37.4 Å². The molecular formula is C29H27N5O3. The molecule has 1 atom stereocenters. The van der Waals surface area contributed by atoms with Gasteiger partial charge in [0.1, 0.15) is 0 Å². The minimum absolute atomic E-state index is 0.109. The van der Waals surface area contributed by atoms with Crippen LogP contribution in [0.5, 0.6) is 0 Å². The zero-order chi connectivity index (χ0) is 25.5. The molecule has 5 aromatic rings. The van der Waals surface area contributed by atoms with Gasteiger partial charge in [0.2, 0.25) is 0 Å². The van der Waals surface area contributed by atoms with Crippen molar-refractivity contribution in [3.05, 3.63) is 90.0 Å². The quantitative estimate of drug-likeness (QED) is 0.370. The number of carbonyl (C=O) groups excluding carboxylic acids is 1. The Bertz CT molecular complexity index is 1640. The Morgan fingerprint density at radius 2 is 1.78 bits per heavy atom. The maximum atomic E-state index is 13.2. The highest BCUT2D eigenvalue weighted by Gasteiger charge is 2.28. The Hall–Kier alpha value is -4.59. The number of amides is 2. The molecule has 3 heterocycles. The molecule has 2 N–H and O–H groups in total. The van der Waals surface area contributed by atoms with Gasteiger partial charge in [-0.15, -0.1) is 0 Å². The maximum Gasteiger partial charge on any atom is 0.404 e. The van der Waals surface area contributed by atoms with Crippen molar-refractivity contribution in [1.82, 2.24) is 24.3 Å². The van der Waals surface area contributed by atoms with Crippen molar-refractivity contribution >= 4 is 33.9 Å². The molecule has 1 aliphatic heterocycles. The lowest BCUT2D eigenvalue weighted by atomic mass is 10.1. The third-order valence-corrected chi connectivity index (χ3v) is 7.15. The fourth-order valence-electron chi connectivity index (χ4n) is 5.31. The third-order valence-electron chi connectivity index (χ3n) is 7.15. The van der Waals surface area contributed by atoms with Gasteiger partial charge >= 0.3 is 6.09 Å². The molecule has 0 spiro atoms. The summed E-state index contributed by atoms with van der Waals surface area (Å²) in [5, 5.41) is 12.6. The smallest absolute Gasteiger partial charge is 0.404 e. The van der Waals surface area contributed by atoms with Gasteiger partial charge in [-0.2, -0.15) is 0 Å². The number of nitrogens with one attached hydrogen (secondary N) is 1. The summed E-state index contributed by atoms with van der Waals surface area (Å²) in [7, 11) is 2.00. The first-order valence-corrected chi connectivity index (χ1v) is 12.4. The number of fused-ring (bicyclic) bond motifs is 2. The molecule has 2 amide bonds. The van der Waals surface area contributed by atoms with E-state index >= 15 is 0 Å². The predicted molar refractivity (Wildman–Crippen MR) is 143 cm³/mol. The predicted octanol–water partition coefficient (Wildman–Crippen LogP) is 4.73. The fraction of sp³-hybridized carbons (Fsp3) is 0.207. The summed E-state index contributed by atoms with van der Waals surface area (Å²) >= 11 is 0. The zero-order valence-electron chi connectivity index (χ0n) is 20.5. The van der Waals surface area contributed by atoms with Crippen molar-refractivity contribution in [3.63, 3.8) is 0 Å². The van der Waals surface area contributed by atoms with Gasteiger partial charge in [-0.25, -0.2) is 9.78 Å². The highest BCUT2D eigenvalue weighted by atomic mass is 16.4. The Morgan fingerprint density at radius 3 is 2.59 bits per heavy atom. The van der Waals surface area contributed by atoms with Crippen LogP contribution in [0.4, 0.5) is 4.79 Å². The van der Waals surface area contributed by atoms with Crippen LogP contribution in [0.1, 0.15) is 22.3 Å². The first-order valence-electron chi connectivity index (χ1n) is 12.4. The van der Waals surface area contributed by atoms with E-state index in [-0.39, 0.29) is 11.9 Å². The number of aromatic nitrogens is 3. The number of benzene rings is 3. The van der Waals surface area contributed by atoms with Crippen molar-refractivity contribution in [1.29, 1.82) is 0 Å². The molecule has 1 aliphatic rings. The largest absolute Gasteiger partial charge is 0.465 e. The van der Waals surface area contributed by atoms with Gasteiger partial charge in [0.25, 0.3) is 5.91 Å². The number of carboxylic acid groups (broad SMARTS) is 1. The lowest BCUT2D eigenvalue weighted by Gasteiger charge is -2.16. The highest BCUT2D eigenvalue weighted by Crippen LogP contribution is 2.31. The molecule has 37 heavy (non-hydrogen) atoms. The Balaban J connectivity index is 1.37. The standard InChI is InChI=1S/C29H27N5O3/c1-32-25-12-11-21(28(35)33-14-13-22(18-33)30-29(36)37)15-23(25)31-27(32)26-16-20-9-5-6-10-24(20)34(26)17-19-7-3-2-4-8-19/h2-12,15-16,22,30H,13-14,17-18H2,1H3,(H,36,37). The second kappa shape index (κ2) is 9.13. The fourth-order valence-corrected chi connectivity index (χ4v) is 5.31. The minimum atomic E-state index is -1.06. The molecule has 0 radical (unpaired) electrons. The molecule has 6 rings (SSSR count). The summed E-state index contributed by atoms with van der Waals surface area (Å²) in [5.74, 6) is 0.723. The zero-order valence-corrected chi connectivity index (χ0v) is 20.5. The van der Waals surface area contributed by atoms with Crippen LogP contribution in [-0.4, -0.2) is 55.3 Å². The van der Waals surface area contributed by atoms with E-state index in [1.54, 1.807) is 4.90 Å². The van der Waals surface area contributed by atoms with Gasteiger partial charge in [-0.3, -0.25) is 4.79 Å². The van der Waals surface area contributed by atoms with Gasteiger partial charge in [0.05, 0.1) is 22.8 Å². The lowest BCUT2D eigenvalue weighted by Crippen LogP contribution is -2.37. The summed E-state index contributed by atoms with van der Waals surface area (Å²) in [6.07, 6.45) is -0.452. The number of nitrogens with zero attached hydrogens (tertiary/aromatic N) is 4. The molecule has 8 heteroatoms. The van der Waals surface area contributed by atoms with Crippen molar-refractivity contribution in [2.75, 3.05) is 13.1 Å². The minimum Gasteiger partial charge on any atom is -0.465 e. The number of hydrogen-bond acceptors (Lipinski definition) is 3. The maximum absolute atomic E-state index is 13.2. The van der Waals surface area contributed by atoms with Crippen LogP contribution in [0.2, 0.25) is 0 Å². The molecule has 1 unspecified atom stereocenters. The van der Waals surface area contributed by atoms with Crippen LogP contribution in [0.25, 0.3) is 33.5 Å². The molecule has 2 aromatic heterocycles. The van der Waals surface area contributed by atoms with E-state index in [0.29, 0.717) is 25.1 Å². The van der Waals surface area contributed by atoms with E-state index in [0.717, 1.165) is 40.0 Å². The molecule has 186 valence electrons. The highest BCUT2D eigenvalue weighted by molar-refractivity contribution is 5.98. The van der Waals surface area contributed by atoms with E-state index in [9.17, 15) is 9.59 Å². The molecule has 0 aliphatic carbocycles. The number of rotatable bonds is 5.